The third kappa shape index (κ3) is 4.21. The van der Waals surface area contributed by atoms with Gasteiger partial charge in [0.15, 0.2) is 0 Å². The molecule has 10 aromatic rings. The van der Waals surface area contributed by atoms with Crippen LogP contribution in [0.1, 0.15) is 5.56 Å². The van der Waals surface area contributed by atoms with E-state index in [0.29, 0.717) is 5.56 Å². The summed E-state index contributed by atoms with van der Waals surface area (Å²) in [4.78, 5) is 5.11. The van der Waals surface area contributed by atoms with Gasteiger partial charge in [-0.2, -0.15) is 5.26 Å². The van der Waals surface area contributed by atoms with Gasteiger partial charge in [0, 0.05) is 32.6 Å². The highest BCUT2D eigenvalue weighted by atomic mass is 15.1. The maximum Gasteiger partial charge on any atom is 0.139 e. The fourth-order valence-corrected chi connectivity index (χ4v) is 7.73. The minimum absolute atomic E-state index is 0.611. The van der Waals surface area contributed by atoms with Crippen LogP contribution in [0.4, 0.5) is 0 Å². The van der Waals surface area contributed by atoms with Crippen molar-refractivity contribution in [2.75, 3.05) is 0 Å². The second-order valence-corrected chi connectivity index (χ2v) is 12.7. The zero-order valence-electron chi connectivity index (χ0n) is 27.0. The predicted molar refractivity (Wildman–Crippen MR) is 206 cm³/mol. The average Bonchev–Trinajstić information content (AvgIpc) is 3.70. The van der Waals surface area contributed by atoms with Gasteiger partial charge in [0.2, 0.25) is 0 Å². The lowest BCUT2D eigenvalue weighted by atomic mass is 9.97. The highest BCUT2D eigenvalue weighted by molar-refractivity contribution is 6.17. The van der Waals surface area contributed by atoms with Crippen molar-refractivity contribution in [3.63, 3.8) is 0 Å². The van der Waals surface area contributed by atoms with Gasteiger partial charge >= 0.3 is 0 Å². The van der Waals surface area contributed by atoms with E-state index in [4.69, 9.17) is 4.98 Å². The Morgan fingerprint density at radius 3 is 1.84 bits per heavy atom. The van der Waals surface area contributed by atoms with Gasteiger partial charge in [0.1, 0.15) is 5.82 Å². The van der Waals surface area contributed by atoms with Crippen LogP contribution in [0, 0.1) is 11.3 Å². The Morgan fingerprint density at radius 2 is 1.06 bits per heavy atom. The van der Waals surface area contributed by atoms with Gasteiger partial charge in [0.25, 0.3) is 0 Å². The van der Waals surface area contributed by atoms with Gasteiger partial charge in [-0.3, -0.25) is 4.57 Å². The van der Waals surface area contributed by atoms with Crippen LogP contribution < -0.4 is 0 Å². The van der Waals surface area contributed by atoms with E-state index in [1.54, 1.807) is 0 Å². The molecule has 0 unspecified atom stereocenters. The summed E-state index contributed by atoms with van der Waals surface area (Å²) in [5, 5.41) is 15.8. The van der Waals surface area contributed by atoms with E-state index in [2.05, 4.69) is 155 Å². The number of para-hydroxylation sites is 3. The van der Waals surface area contributed by atoms with Gasteiger partial charge in [-0.25, -0.2) is 4.98 Å². The lowest BCUT2D eigenvalue weighted by Gasteiger charge is -2.10. The lowest BCUT2D eigenvalue weighted by molar-refractivity contribution is 1.10. The molecule has 3 aromatic heterocycles. The van der Waals surface area contributed by atoms with E-state index in [1.807, 2.05) is 30.3 Å². The zero-order chi connectivity index (χ0) is 33.2. The molecule has 0 saturated heterocycles. The summed E-state index contributed by atoms with van der Waals surface area (Å²) in [5.41, 5.74) is 11.6. The molecule has 10 rings (SSSR count). The van der Waals surface area contributed by atoms with Crippen LogP contribution in [0.25, 0.3) is 88.3 Å². The summed E-state index contributed by atoms with van der Waals surface area (Å²) in [7, 11) is 0. The number of aromatic nitrogens is 3. The van der Waals surface area contributed by atoms with Crippen molar-refractivity contribution in [2.45, 2.75) is 0 Å². The minimum atomic E-state index is 0.611. The Bertz CT molecular complexity index is 2980. The van der Waals surface area contributed by atoms with E-state index < -0.39 is 0 Å². The van der Waals surface area contributed by atoms with Crippen molar-refractivity contribution in [3.05, 3.63) is 175 Å². The second kappa shape index (κ2) is 11.1. The quantitative estimate of drug-likeness (QED) is 0.193. The summed E-state index contributed by atoms with van der Waals surface area (Å²) in [5.74, 6) is 0.730. The first kappa shape index (κ1) is 28.1. The molecule has 0 N–H and O–H groups in total. The molecular weight excluding hydrogens is 609 g/mol. The summed E-state index contributed by atoms with van der Waals surface area (Å²) < 4.78 is 4.56. The van der Waals surface area contributed by atoms with E-state index in [-0.39, 0.29) is 0 Å². The maximum atomic E-state index is 10.2. The lowest BCUT2D eigenvalue weighted by Crippen LogP contribution is -1.99. The Labute approximate surface area is 288 Å². The largest absolute Gasteiger partial charge is 0.309 e. The molecule has 0 spiro atoms. The van der Waals surface area contributed by atoms with Crippen LogP contribution in [-0.4, -0.2) is 14.1 Å². The molecular formula is C46H28N4. The number of rotatable bonds is 4. The van der Waals surface area contributed by atoms with Gasteiger partial charge in [-0.15, -0.1) is 0 Å². The van der Waals surface area contributed by atoms with E-state index in [0.717, 1.165) is 66.5 Å². The second-order valence-electron chi connectivity index (χ2n) is 12.7. The van der Waals surface area contributed by atoms with Crippen LogP contribution in [-0.2, 0) is 0 Å². The standard InChI is InChI=1S/C46H28N4/c47-29-33-28-45(48-40-19-9-7-16-35(33)40)50-43-25-23-32(27-39(43)46-36(18-11-21-44(46)50)30-12-3-1-4-13-30)31-22-24-42-38(26-31)37-17-8-10-20-41(37)49(42)34-14-5-2-6-15-34/h1-28H. The van der Waals surface area contributed by atoms with E-state index in [1.165, 1.54) is 21.8 Å². The molecule has 4 heteroatoms. The first-order valence-corrected chi connectivity index (χ1v) is 16.8. The molecule has 0 aliphatic heterocycles. The van der Waals surface area contributed by atoms with Crippen LogP contribution in [0.2, 0.25) is 0 Å². The fourth-order valence-electron chi connectivity index (χ4n) is 7.73. The molecule has 0 atom stereocenters. The number of nitriles is 1. The smallest absolute Gasteiger partial charge is 0.139 e. The molecule has 0 aliphatic carbocycles. The minimum Gasteiger partial charge on any atom is -0.309 e. The molecule has 0 saturated carbocycles. The Morgan fingerprint density at radius 1 is 0.440 bits per heavy atom. The summed E-state index contributed by atoms with van der Waals surface area (Å²) in [6, 6.07) is 62.0. The molecule has 232 valence electrons. The monoisotopic (exact) mass is 636 g/mol. The Kier molecular flexibility index (Phi) is 6.21. The zero-order valence-corrected chi connectivity index (χ0v) is 27.0. The van der Waals surface area contributed by atoms with E-state index >= 15 is 0 Å². The van der Waals surface area contributed by atoms with Gasteiger partial charge in [-0.05, 0) is 82.9 Å². The topological polar surface area (TPSA) is 46.5 Å². The molecule has 0 amide bonds. The Hall–Kier alpha value is -6.96. The molecule has 0 aliphatic rings. The van der Waals surface area contributed by atoms with Gasteiger partial charge < -0.3 is 4.57 Å². The number of pyridine rings is 1. The number of nitrogens with zero attached hydrogens (tertiary/aromatic N) is 4. The van der Waals surface area contributed by atoms with Crippen molar-refractivity contribution in [3.8, 4) is 39.8 Å². The highest BCUT2D eigenvalue weighted by Gasteiger charge is 2.20. The summed E-state index contributed by atoms with van der Waals surface area (Å²) in [6.45, 7) is 0. The van der Waals surface area contributed by atoms with Crippen molar-refractivity contribution in [1.29, 1.82) is 5.26 Å². The number of fused-ring (bicyclic) bond motifs is 7. The molecule has 7 aromatic carbocycles. The Balaban J connectivity index is 1.25. The third-order valence-corrected chi connectivity index (χ3v) is 9.95. The van der Waals surface area contributed by atoms with Crippen molar-refractivity contribution >= 4 is 54.5 Å². The van der Waals surface area contributed by atoms with E-state index in [9.17, 15) is 5.26 Å². The molecule has 0 fully saturated rings. The maximum absolute atomic E-state index is 10.2. The van der Waals surface area contributed by atoms with Crippen LogP contribution in [0.15, 0.2) is 170 Å². The van der Waals surface area contributed by atoms with Crippen LogP contribution in [0.3, 0.4) is 0 Å². The third-order valence-electron chi connectivity index (χ3n) is 9.95. The average molecular weight is 637 g/mol. The van der Waals surface area contributed by atoms with Crippen LogP contribution >= 0.6 is 0 Å². The fraction of sp³-hybridized carbons (Fsp3) is 0. The first-order chi connectivity index (χ1) is 24.8. The van der Waals surface area contributed by atoms with Crippen molar-refractivity contribution in [1.82, 2.24) is 14.1 Å². The molecule has 50 heavy (non-hydrogen) atoms. The summed E-state index contributed by atoms with van der Waals surface area (Å²) >= 11 is 0. The summed E-state index contributed by atoms with van der Waals surface area (Å²) in [6.07, 6.45) is 0. The first-order valence-electron chi connectivity index (χ1n) is 16.8. The molecule has 3 heterocycles. The van der Waals surface area contributed by atoms with Crippen LogP contribution in [0.5, 0.6) is 0 Å². The van der Waals surface area contributed by atoms with Crippen molar-refractivity contribution < 1.29 is 0 Å². The van der Waals surface area contributed by atoms with Crippen molar-refractivity contribution in [2.24, 2.45) is 0 Å². The van der Waals surface area contributed by atoms with Gasteiger partial charge in [-0.1, -0.05) is 109 Å². The van der Waals surface area contributed by atoms with Gasteiger partial charge in [0.05, 0.1) is 39.2 Å². The SMILES string of the molecule is N#Cc1cc(-n2c3ccc(-c4ccc5c(c4)c4ccccc4n5-c4ccccc4)cc3c3c(-c4ccccc4)cccc32)nc2ccccc12. The number of hydrogen-bond acceptors (Lipinski definition) is 2. The number of benzene rings is 7. The normalized spacial score (nSPS) is 11.6. The number of hydrogen-bond donors (Lipinski definition) is 0. The molecule has 0 bridgehead atoms. The predicted octanol–water partition coefficient (Wildman–Crippen LogP) is 11.6. The molecule has 0 radical (unpaired) electrons. The molecule has 4 nitrogen and oxygen atoms in total. The highest BCUT2D eigenvalue weighted by Crippen LogP contribution is 2.41.